The number of amides is 2. The van der Waals surface area contributed by atoms with Gasteiger partial charge < -0.3 is 14.9 Å². The summed E-state index contributed by atoms with van der Waals surface area (Å²) in [6, 6.07) is 0. The largest absolute Gasteiger partial charge is 0.393 e. The topological polar surface area (TPSA) is 60.9 Å². The predicted molar refractivity (Wildman–Crippen MR) is 71.3 cm³/mol. The number of aliphatic hydroxyl groups excluding tert-OH is 1. The number of likely N-dealkylation sites (N-methyl/N-ethyl adjacent to an activating group) is 1. The number of rotatable bonds is 4. The number of likely N-dealkylation sites (tertiary alicyclic amines) is 1. The molecular formula is C14H22N2O3. The zero-order valence-corrected chi connectivity index (χ0v) is 11.4. The first-order chi connectivity index (χ1) is 9.06. The van der Waals surface area contributed by atoms with E-state index in [0.717, 1.165) is 19.4 Å². The number of carbonyl (C=O) groups is 2. The van der Waals surface area contributed by atoms with Gasteiger partial charge in [-0.3, -0.25) is 9.59 Å². The second-order valence-corrected chi connectivity index (χ2v) is 5.42. The molecule has 0 aromatic heterocycles. The van der Waals surface area contributed by atoms with Crippen molar-refractivity contribution in [1.29, 1.82) is 0 Å². The van der Waals surface area contributed by atoms with Crippen molar-refractivity contribution in [3.05, 3.63) is 12.7 Å². The van der Waals surface area contributed by atoms with Crippen molar-refractivity contribution >= 4 is 11.8 Å². The highest BCUT2D eigenvalue weighted by molar-refractivity contribution is 5.90. The lowest BCUT2D eigenvalue weighted by atomic mass is 10.00. The van der Waals surface area contributed by atoms with Gasteiger partial charge in [0.25, 0.3) is 0 Å². The minimum atomic E-state index is -0.264. The molecule has 0 bridgehead atoms. The maximum absolute atomic E-state index is 12.2. The fraction of sp³-hybridized carbons (Fsp3) is 0.714. The highest BCUT2D eigenvalue weighted by atomic mass is 16.3. The minimum Gasteiger partial charge on any atom is -0.393 e. The van der Waals surface area contributed by atoms with Crippen LogP contribution in [0.5, 0.6) is 0 Å². The van der Waals surface area contributed by atoms with Gasteiger partial charge in [-0.15, -0.1) is 0 Å². The van der Waals surface area contributed by atoms with Crippen LogP contribution in [0.4, 0.5) is 0 Å². The molecule has 2 aliphatic rings. The quantitative estimate of drug-likeness (QED) is 0.742. The molecule has 3 atom stereocenters. The Morgan fingerprint density at radius 3 is 2.74 bits per heavy atom. The maximum atomic E-state index is 12.2. The fourth-order valence-corrected chi connectivity index (χ4v) is 3.18. The number of hydrogen-bond acceptors (Lipinski definition) is 3. The third kappa shape index (κ3) is 2.81. The van der Waals surface area contributed by atoms with Crippen molar-refractivity contribution in [3.8, 4) is 0 Å². The highest BCUT2D eigenvalue weighted by Crippen LogP contribution is 2.38. The lowest BCUT2D eigenvalue weighted by Crippen LogP contribution is -2.42. The summed E-state index contributed by atoms with van der Waals surface area (Å²) in [5, 5.41) is 9.84. The number of hydrogen-bond donors (Lipinski definition) is 1. The smallest absolute Gasteiger partial charge is 0.246 e. The average Bonchev–Trinajstić information content (AvgIpc) is 2.97. The van der Waals surface area contributed by atoms with Gasteiger partial charge in [0, 0.05) is 25.6 Å². The van der Waals surface area contributed by atoms with Gasteiger partial charge in [0.2, 0.25) is 11.8 Å². The van der Waals surface area contributed by atoms with Crippen molar-refractivity contribution in [2.24, 2.45) is 11.8 Å². The predicted octanol–water partition coefficient (Wildman–Crippen LogP) is 0.250. The van der Waals surface area contributed by atoms with Crippen LogP contribution in [0, 0.1) is 11.8 Å². The monoisotopic (exact) mass is 266 g/mol. The summed E-state index contributed by atoms with van der Waals surface area (Å²) in [5.74, 6) is 0.423. The van der Waals surface area contributed by atoms with E-state index in [0.29, 0.717) is 19.0 Å². The van der Waals surface area contributed by atoms with Crippen LogP contribution in [0.15, 0.2) is 12.7 Å². The van der Waals surface area contributed by atoms with Crippen LogP contribution in [0.1, 0.15) is 19.8 Å². The van der Waals surface area contributed by atoms with Crippen molar-refractivity contribution in [1.82, 2.24) is 9.80 Å². The lowest BCUT2D eigenvalue weighted by molar-refractivity contribution is -0.137. The molecule has 0 radical (unpaired) electrons. The van der Waals surface area contributed by atoms with Gasteiger partial charge in [-0.25, -0.2) is 0 Å². The molecule has 5 heteroatoms. The van der Waals surface area contributed by atoms with E-state index in [1.54, 1.807) is 4.90 Å². The lowest BCUT2D eigenvalue weighted by Gasteiger charge is -2.23. The zero-order valence-electron chi connectivity index (χ0n) is 11.4. The second kappa shape index (κ2) is 5.74. The third-order valence-electron chi connectivity index (χ3n) is 4.37. The first-order valence-corrected chi connectivity index (χ1v) is 6.94. The van der Waals surface area contributed by atoms with Crippen LogP contribution in [0.3, 0.4) is 0 Å². The van der Waals surface area contributed by atoms with E-state index < -0.39 is 0 Å². The van der Waals surface area contributed by atoms with Gasteiger partial charge in [-0.05, 0) is 31.8 Å². The molecule has 2 rings (SSSR count). The van der Waals surface area contributed by atoms with Crippen LogP contribution in [0.25, 0.3) is 0 Å². The van der Waals surface area contributed by atoms with Crippen molar-refractivity contribution in [3.63, 3.8) is 0 Å². The summed E-state index contributed by atoms with van der Waals surface area (Å²) in [6.07, 6.45) is 2.82. The molecule has 106 valence electrons. The molecule has 2 fully saturated rings. The van der Waals surface area contributed by atoms with E-state index in [-0.39, 0.29) is 30.4 Å². The first kappa shape index (κ1) is 14.1. The van der Waals surface area contributed by atoms with E-state index in [9.17, 15) is 14.7 Å². The molecule has 1 heterocycles. The van der Waals surface area contributed by atoms with Gasteiger partial charge in [-0.1, -0.05) is 6.58 Å². The summed E-state index contributed by atoms with van der Waals surface area (Å²) < 4.78 is 0. The van der Waals surface area contributed by atoms with Gasteiger partial charge in [0.05, 0.1) is 12.6 Å². The Morgan fingerprint density at radius 1 is 1.42 bits per heavy atom. The van der Waals surface area contributed by atoms with Crippen molar-refractivity contribution in [2.45, 2.75) is 25.9 Å². The number of nitrogens with zero attached hydrogens (tertiary/aromatic N) is 2. The van der Waals surface area contributed by atoms with E-state index in [2.05, 4.69) is 6.58 Å². The molecule has 0 aromatic carbocycles. The van der Waals surface area contributed by atoms with E-state index >= 15 is 0 Å². The van der Waals surface area contributed by atoms with Crippen LogP contribution < -0.4 is 0 Å². The molecule has 5 nitrogen and oxygen atoms in total. The standard InChI is InChI=1S/C14H22N2O3/c1-3-13(18)15(4-2)9-14(19)16-7-10-5-6-12(17)11(10)8-16/h3,10-12,17H,1,4-9H2,2H3/t10-,11+,12-/m0/s1. The Balaban J connectivity index is 1.91. The number of fused-ring (bicyclic) bond motifs is 1. The molecule has 1 saturated heterocycles. The summed E-state index contributed by atoms with van der Waals surface area (Å²) in [6.45, 7) is 7.25. The molecule has 1 aliphatic heterocycles. The summed E-state index contributed by atoms with van der Waals surface area (Å²) >= 11 is 0. The van der Waals surface area contributed by atoms with E-state index in [4.69, 9.17) is 0 Å². The van der Waals surface area contributed by atoms with Gasteiger partial charge in [0.15, 0.2) is 0 Å². The molecule has 1 N–H and O–H groups in total. The zero-order chi connectivity index (χ0) is 14.0. The molecule has 2 amide bonds. The first-order valence-electron chi connectivity index (χ1n) is 6.94. The van der Waals surface area contributed by atoms with Gasteiger partial charge in [-0.2, -0.15) is 0 Å². The molecule has 1 saturated carbocycles. The molecule has 0 spiro atoms. The molecule has 19 heavy (non-hydrogen) atoms. The van der Waals surface area contributed by atoms with Crippen molar-refractivity contribution < 1.29 is 14.7 Å². The maximum Gasteiger partial charge on any atom is 0.246 e. The van der Waals surface area contributed by atoms with Crippen LogP contribution >= 0.6 is 0 Å². The van der Waals surface area contributed by atoms with Crippen molar-refractivity contribution in [2.75, 3.05) is 26.2 Å². The van der Waals surface area contributed by atoms with E-state index in [1.807, 2.05) is 6.92 Å². The highest BCUT2D eigenvalue weighted by Gasteiger charge is 2.43. The Morgan fingerprint density at radius 2 is 2.16 bits per heavy atom. The van der Waals surface area contributed by atoms with Crippen LogP contribution in [-0.4, -0.2) is 59.0 Å². The Bertz CT molecular complexity index is 383. The van der Waals surface area contributed by atoms with Crippen LogP contribution in [-0.2, 0) is 9.59 Å². The summed E-state index contributed by atoms with van der Waals surface area (Å²) in [7, 11) is 0. The van der Waals surface area contributed by atoms with Gasteiger partial charge in [0.1, 0.15) is 0 Å². The number of carbonyl (C=O) groups excluding carboxylic acids is 2. The number of aliphatic hydroxyl groups is 1. The second-order valence-electron chi connectivity index (χ2n) is 5.42. The Kier molecular flexibility index (Phi) is 4.24. The molecule has 0 aromatic rings. The van der Waals surface area contributed by atoms with E-state index in [1.165, 1.54) is 11.0 Å². The SMILES string of the molecule is C=CC(=O)N(CC)CC(=O)N1C[C@@H]2CC[C@H](O)[C@@H]2C1. The Labute approximate surface area is 113 Å². The normalized spacial score (nSPS) is 29.2. The Hall–Kier alpha value is -1.36. The van der Waals surface area contributed by atoms with Crippen LogP contribution in [0.2, 0.25) is 0 Å². The third-order valence-corrected chi connectivity index (χ3v) is 4.37. The summed E-state index contributed by atoms with van der Waals surface area (Å²) in [4.78, 5) is 27.0. The molecular weight excluding hydrogens is 244 g/mol. The minimum absolute atomic E-state index is 0.0290. The summed E-state index contributed by atoms with van der Waals surface area (Å²) in [5.41, 5.74) is 0. The molecule has 1 aliphatic carbocycles. The average molecular weight is 266 g/mol. The fourth-order valence-electron chi connectivity index (χ4n) is 3.18. The van der Waals surface area contributed by atoms with Gasteiger partial charge >= 0.3 is 0 Å². The molecule has 0 unspecified atom stereocenters.